The molecular weight excluding hydrogens is 344 g/mol. The lowest BCUT2D eigenvalue weighted by Gasteiger charge is -2.50. The summed E-state index contributed by atoms with van der Waals surface area (Å²) in [6.07, 6.45) is 3.52. The van der Waals surface area contributed by atoms with Crippen molar-refractivity contribution in [1.82, 2.24) is 4.98 Å². The summed E-state index contributed by atoms with van der Waals surface area (Å²) in [5.74, 6) is -0.261. The zero-order valence-electron chi connectivity index (χ0n) is 17.0. The first-order chi connectivity index (χ1) is 12.7. The minimum atomic E-state index is -0.385. The van der Waals surface area contributed by atoms with Crippen LogP contribution < -0.4 is 5.56 Å². The van der Waals surface area contributed by atoms with Gasteiger partial charge in [-0.3, -0.25) is 9.59 Å². The molecule has 0 bridgehead atoms. The van der Waals surface area contributed by atoms with Gasteiger partial charge in [0.2, 0.25) is 0 Å². The Bertz CT molecular complexity index is 789. The maximum atomic E-state index is 12.3. The topological polar surface area (TPSA) is 92.2 Å². The Morgan fingerprint density at radius 2 is 2.04 bits per heavy atom. The Kier molecular flexibility index (Phi) is 6.83. The van der Waals surface area contributed by atoms with Crippen molar-refractivity contribution >= 4 is 5.97 Å². The summed E-state index contributed by atoms with van der Waals surface area (Å²) < 4.78 is 11.6. The molecule has 0 amide bonds. The number of ether oxygens (including phenoxy) is 2. The quantitative estimate of drug-likeness (QED) is 0.557. The van der Waals surface area contributed by atoms with Crippen molar-refractivity contribution in [3.63, 3.8) is 0 Å². The minimum Gasteiger partial charge on any atom is -0.462 e. The predicted molar refractivity (Wildman–Crippen MR) is 102 cm³/mol. The van der Waals surface area contributed by atoms with Crippen LogP contribution in [-0.2, 0) is 20.7 Å². The summed E-state index contributed by atoms with van der Waals surface area (Å²) in [4.78, 5) is 26.8. The van der Waals surface area contributed by atoms with E-state index in [1.54, 1.807) is 13.8 Å². The molecule has 6 heteroatoms. The second-order valence-corrected chi connectivity index (χ2v) is 7.92. The van der Waals surface area contributed by atoms with E-state index in [1.165, 1.54) is 0 Å². The summed E-state index contributed by atoms with van der Waals surface area (Å²) in [6, 6.07) is 1.93. The number of hydrogen-bond acceptors (Lipinski definition) is 5. The van der Waals surface area contributed by atoms with E-state index in [4.69, 9.17) is 14.7 Å². The van der Waals surface area contributed by atoms with Gasteiger partial charge in [-0.05, 0) is 37.8 Å². The maximum Gasteiger partial charge on any atom is 0.306 e. The van der Waals surface area contributed by atoms with Gasteiger partial charge in [-0.15, -0.1) is 0 Å². The van der Waals surface area contributed by atoms with E-state index in [9.17, 15) is 9.59 Å². The number of unbranched alkanes of at least 4 members (excludes halogenated alkanes) is 1. The predicted octanol–water partition coefficient (Wildman–Crippen LogP) is 3.32. The third-order valence-corrected chi connectivity index (χ3v) is 5.68. The third-order valence-electron chi connectivity index (χ3n) is 5.68. The molecule has 148 valence electrons. The molecule has 2 rings (SSSR count). The van der Waals surface area contributed by atoms with E-state index in [0.29, 0.717) is 17.7 Å². The number of nitriles is 1. The molecule has 0 unspecified atom stereocenters. The SMILES string of the molecule is CCCCO[C@@H]1C[C@H](OC(=O)CCc2c(C)[nH]c(=O)c(C#N)c2C)C1(C)C. The van der Waals surface area contributed by atoms with Gasteiger partial charge in [-0.25, -0.2) is 0 Å². The molecule has 0 saturated heterocycles. The fourth-order valence-corrected chi connectivity index (χ4v) is 3.57. The van der Waals surface area contributed by atoms with Crippen molar-refractivity contribution in [2.24, 2.45) is 5.41 Å². The van der Waals surface area contributed by atoms with Gasteiger partial charge in [0.05, 0.1) is 6.10 Å². The highest BCUT2D eigenvalue weighted by Gasteiger charge is 2.51. The van der Waals surface area contributed by atoms with Gasteiger partial charge < -0.3 is 14.5 Å². The second-order valence-electron chi connectivity index (χ2n) is 7.92. The highest BCUT2D eigenvalue weighted by atomic mass is 16.6. The average molecular weight is 374 g/mol. The van der Waals surface area contributed by atoms with Crippen LogP contribution in [0, 0.1) is 30.6 Å². The van der Waals surface area contributed by atoms with Gasteiger partial charge in [0.1, 0.15) is 17.7 Å². The first-order valence-corrected chi connectivity index (χ1v) is 9.65. The number of nitrogens with zero attached hydrogens (tertiary/aromatic N) is 1. The van der Waals surface area contributed by atoms with Crippen molar-refractivity contribution in [1.29, 1.82) is 5.26 Å². The van der Waals surface area contributed by atoms with Crippen molar-refractivity contribution in [2.75, 3.05) is 6.61 Å². The van der Waals surface area contributed by atoms with Crippen LogP contribution in [0.2, 0.25) is 0 Å². The molecule has 1 heterocycles. The second kappa shape index (κ2) is 8.71. The highest BCUT2D eigenvalue weighted by Crippen LogP contribution is 2.45. The zero-order valence-corrected chi connectivity index (χ0v) is 17.0. The molecule has 1 N–H and O–H groups in total. The molecule has 1 saturated carbocycles. The van der Waals surface area contributed by atoms with E-state index < -0.39 is 0 Å². The largest absolute Gasteiger partial charge is 0.462 e. The van der Waals surface area contributed by atoms with Crippen molar-refractivity contribution < 1.29 is 14.3 Å². The number of hydrogen-bond donors (Lipinski definition) is 1. The summed E-state index contributed by atoms with van der Waals surface area (Å²) in [6.45, 7) is 10.5. The van der Waals surface area contributed by atoms with Crippen LogP contribution in [0.15, 0.2) is 4.79 Å². The Balaban J connectivity index is 1.91. The summed E-state index contributed by atoms with van der Waals surface area (Å²) in [5, 5.41) is 9.14. The Morgan fingerprint density at radius 1 is 1.33 bits per heavy atom. The number of aromatic nitrogens is 1. The van der Waals surface area contributed by atoms with E-state index in [1.807, 2.05) is 6.07 Å². The van der Waals surface area contributed by atoms with Crippen LogP contribution in [0.4, 0.5) is 0 Å². The monoisotopic (exact) mass is 374 g/mol. The summed E-state index contributed by atoms with van der Waals surface area (Å²) in [7, 11) is 0. The molecule has 1 aliphatic rings. The molecular formula is C21H30N2O4. The highest BCUT2D eigenvalue weighted by molar-refractivity contribution is 5.70. The number of nitrogens with one attached hydrogen (secondary N) is 1. The number of H-pyrrole nitrogens is 1. The normalized spacial score (nSPS) is 20.6. The van der Waals surface area contributed by atoms with Gasteiger partial charge in [-0.2, -0.15) is 5.26 Å². The molecule has 0 aromatic carbocycles. The van der Waals surface area contributed by atoms with Gasteiger partial charge in [0.15, 0.2) is 0 Å². The average Bonchev–Trinajstić information content (AvgIpc) is 2.60. The lowest BCUT2D eigenvalue weighted by Crippen LogP contribution is -2.56. The zero-order chi connectivity index (χ0) is 20.2. The molecule has 6 nitrogen and oxygen atoms in total. The molecule has 0 aliphatic heterocycles. The first-order valence-electron chi connectivity index (χ1n) is 9.65. The molecule has 27 heavy (non-hydrogen) atoms. The third kappa shape index (κ3) is 4.59. The molecule has 1 fully saturated rings. The number of carbonyl (C=O) groups excluding carboxylic acids is 1. The Morgan fingerprint density at radius 3 is 2.63 bits per heavy atom. The number of esters is 1. The van der Waals surface area contributed by atoms with Gasteiger partial charge in [0.25, 0.3) is 5.56 Å². The standard InChI is InChI=1S/C21H30N2O4/c1-6-7-10-26-17-11-18(21(17,4)5)27-19(24)9-8-15-13(2)16(12-22)20(25)23-14(15)3/h17-18H,6-11H2,1-5H3,(H,23,25)/t17-,18+/m1/s1. The van der Waals surface area contributed by atoms with Crippen molar-refractivity contribution in [3.8, 4) is 6.07 Å². The molecule has 1 aliphatic carbocycles. The van der Waals surface area contributed by atoms with Gasteiger partial charge in [-0.1, -0.05) is 27.2 Å². The molecule has 2 atom stereocenters. The van der Waals surface area contributed by atoms with E-state index in [0.717, 1.165) is 31.4 Å². The minimum absolute atomic E-state index is 0.108. The Labute approximate surface area is 160 Å². The van der Waals surface area contributed by atoms with Crippen LogP contribution in [-0.4, -0.2) is 29.8 Å². The maximum absolute atomic E-state index is 12.3. The van der Waals surface area contributed by atoms with Crippen LogP contribution in [0.3, 0.4) is 0 Å². The van der Waals surface area contributed by atoms with Crippen LogP contribution in [0.1, 0.15) is 68.8 Å². The summed E-state index contributed by atoms with van der Waals surface area (Å²) in [5.41, 5.74) is 1.70. The van der Waals surface area contributed by atoms with Crippen molar-refractivity contribution in [2.45, 2.75) is 78.9 Å². The number of rotatable bonds is 8. The fraction of sp³-hybridized carbons (Fsp3) is 0.667. The van der Waals surface area contributed by atoms with Gasteiger partial charge in [0, 0.05) is 30.6 Å². The molecule has 0 spiro atoms. The van der Waals surface area contributed by atoms with Crippen LogP contribution >= 0.6 is 0 Å². The smallest absolute Gasteiger partial charge is 0.306 e. The van der Waals surface area contributed by atoms with Crippen LogP contribution in [0.25, 0.3) is 0 Å². The lowest BCUT2D eigenvalue weighted by molar-refractivity contribution is -0.203. The first kappa shape index (κ1) is 21.2. The van der Waals surface area contributed by atoms with E-state index in [-0.39, 0.29) is 41.1 Å². The fourth-order valence-electron chi connectivity index (χ4n) is 3.57. The van der Waals surface area contributed by atoms with Crippen molar-refractivity contribution in [3.05, 3.63) is 32.7 Å². The lowest BCUT2D eigenvalue weighted by atomic mass is 9.66. The Hall–Kier alpha value is -2.13. The molecule has 1 aromatic heterocycles. The van der Waals surface area contributed by atoms with E-state index >= 15 is 0 Å². The van der Waals surface area contributed by atoms with Crippen LogP contribution in [0.5, 0.6) is 0 Å². The van der Waals surface area contributed by atoms with Gasteiger partial charge >= 0.3 is 5.97 Å². The summed E-state index contributed by atoms with van der Waals surface area (Å²) >= 11 is 0. The molecule has 1 aromatic rings. The van der Waals surface area contributed by atoms with E-state index in [2.05, 4.69) is 25.8 Å². The number of aryl methyl sites for hydroxylation is 1. The molecule has 0 radical (unpaired) electrons. The number of carbonyl (C=O) groups is 1. The number of aromatic amines is 1. The number of pyridine rings is 1.